The zero-order chi connectivity index (χ0) is 14.3. The Morgan fingerprint density at radius 1 is 1.16 bits per heavy atom. The van der Waals surface area contributed by atoms with Crippen molar-refractivity contribution in [2.24, 2.45) is 5.92 Å². The number of ketones is 1. The maximum absolute atomic E-state index is 12.4. The highest BCUT2D eigenvalue weighted by molar-refractivity contribution is 5.91. The van der Waals surface area contributed by atoms with Gasteiger partial charge in [-0.15, -0.1) is 0 Å². The summed E-state index contributed by atoms with van der Waals surface area (Å²) in [5.41, 5.74) is 0.0368. The van der Waals surface area contributed by atoms with Crippen LogP contribution in [0.15, 0.2) is 24.3 Å². The second-order valence-corrected chi connectivity index (χ2v) is 6.18. The summed E-state index contributed by atoms with van der Waals surface area (Å²) < 4.78 is 11.0. The fraction of sp³-hybridized carbons (Fsp3) is 0.562. The first-order valence-corrected chi connectivity index (χ1v) is 6.64. The van der Waals surface area contributed by atoms with Gasteiger partial charge in [0, 0.05) is 0 Å². The van der Waals surface area contributed by atoms with Crippen molar-refractivity contribution in [2.45, 2.75) is 45.3 Å². The van der Waals surface area contributed by atoms with Crippen molar-refractivity contribution in [1.82, 2.24) is 0 Å². The summed E-state index contributed by atoms with van der Waals surface area (Å²) in [5, 5.41) is 0. The molecule has 3 nitrogen and oxygen atoms in total. The quantitative estimate of drug-likeness (QED) is 0.840. The van der Waals surface area contributed by atoms with E-state index in [-0.39, 0.29) is 11.7 Å². The molecule has 1 aromatic rings. The molecule has 19 heavy (non-hydrogen) atoms. The summed E-state index contributed by atoms with van der Waals surface area (Å²) in [4.78, 5) is 12.4. The third kappa shape index (κ3) is 2.66. The summed E-state index contributed by atoms with van der Waals surface area (Å²) in [6, 6.07) is 7.86. The zero-order valence-electron chi connectivity index (χ0n) is 12.3. The lowest BCUT2D eigenvalue weighted by molar-refractivity contribution is -0.132. The van der Waals surface area contributed by atoms with Crippen LogP contribution in [0.25, 0.3) is 0 Å². The highest BCUT2D eigenvalue weighted by Gasteiger charge is 2.52. The molecule has 3 heteroatoms. The second-order valence-electron chi connectivity index (χ2n) is 6.18. The van der Waals surface area contributed by atoms with Crippen molar-refractivity contribution in [3.8, 4) is 5.75 Å². The van der Waals surface area contributed by atoms with Gasteiger partial charge in [0.05, 0.1) is 18.6 Å². The van der Waals surface area contributed by atoms with E-state index in [0.717, 1.165) is 11.3 Å². The largest absolute Gasteiger partial charge is 0.497 e. The third-order valence-electron chi connectivity index (χ3n) is 3.87. The normalized spacial score (nSPS) is 24.5. The standard InChI is InChI=1S/C16H22O3/c1-15(2)13(14(17)16(3,4)19-15)10-11-6-8-12(18-5)9-7-11/h6-9,13H,10H2,1-5H3. The lowest BCUT2D eigenvalue weighted by atomic mass is 9.81. The van der Waals surface area contributed by atoms with Crippen LogP contribution in [0.5, 0.6) is 5.75 Å². The smallest absolute Gasteiger partial charge is 0.170 e. The molecule has 1 saturated heterocycles. The SMILES string of the molecule is COc1ccc(CC2C(=O)C(C)(C)OC2(C)C)cc1. The zero-order valence-corrected chi connectivity index (χ0v) is 12.3. The van der Waals surface area contributed by atoms with E-state index in [2.05, 4.69) is 0 Å². The molecular formula is C16H22O3. The average Bonchev–Trinajstić information content (AvgIpc) is 2.48. The van der Waals surface area contributed by atoms with Gasteiger partial charge in [0.1, 0.15) is 11.4 Å². The summed E-state index contributed by atoms with van der Waals surface area (Å²) in [5.74, 6) is 0.918. The molecule has 1 aliphatic heterocycles. The van der Waals surface area contributed by atoms with Gasteiger partial charge in [0.2, 0.25) is 0 Å². The third-order valence-corrected chi connectivity index (χ3v) is 3.87. The van der Waals surface area contributed by atoms with Crippen LogP contribution in [0.2, 0.25) is 0 Å². The molecule has 104 valence electrons. The van der Waals surface area contributed by atoms with Gasteiger partial charge in [-0.2, -0.15) is 0 Å². The molecule has 2 rings (SSSR count). The number of methoxy groups -OCH3 is 1. The minimum Gasteiger partial charge on any atom is -0.497 e. The molecule has 1 aliphatic rings. The molecule has 0 aliphatic carbocycles. The van der Waals surface area contributed by atoms with Gasteiger partial charge in [-0.3, -0.25) is 4.79 Å². The van der Waals surface area contributed by atoms with Crippen molar-refractivity contribution in [3.05, 3.63) is 29.8 Å². The van der Waals surface area contributed by atoms with Gasteiger partial charge in [-0.05, 0) is 51.8 Å². The lowest BCUT2D eigenvalue weighted by Gasteiger charge is -2.25. The Balaban J connectivity index is 2.19. The van der Waals surface area contributed by atoms with Gasteiger partial charge >= 0.3 is 0 Å². The van der Waals surface area contributed by atoms with E-state index in [1.807, 2.05) is 52.0 Å². The number of carbonyl (C=O) groups excluding carboxylic acids is 1. The Morgan fingerprint density at radius 2 is 1.74 bits per heavy atom. The van der Waals surface area contributed by atoms with E-state index in [1.54, 1.807) is 7.11 Å². The number of ether oxygens (including phenoxy) is 2. The number of hydrogen-bond donors (Lipinski definition) is 0. The Labute approximate surface area is 114 Å². The molecule has 0 bridgehead atoms. The van der Waals surface area contributed by atoms with Crippen molar-refractivity contribution in [1.29, 1.82) is 0 Å². The van der Waals surface area contributed by atoms with E-state index in [4.69, 9.17) is 9.47 Å². The first-order chi connectivity index (χ1) is 8.76. The van der Waals surface area contributed by atoms with Crippen molar-refractivity contribution in [3.63, 3.8) is 0 Å². The molecule has 0 saturated carbocycles. The fourth-order valence-corrected chi connectivity index (χ4v) is 2.85. The summed E-state index contributed by atoms with van der Waals surface area (Å²) in [7, 11) is 1.65. The van der Waals surface area contributed by atoms with Crippen LogP contribution in [0.3, 0.4) is 0 Å². The minimum atomic E-state index is -0.680. The minimum absolute atomic E-state index is 0.101. The van der Waals surface area contributed by atoms with Gasteiger partial charge < -0.3 is 9.47 Å². The first kappa shape index (κ1) is 14.1. The Morgan fingerprint density at radius 3 is 2.16 bits per heavy atom. The van der Waals surface area contributed by atoms with Crippen LogP contribution in [-0.4, -0.2) is 24.1 Å². The number of rotatable bonds is 3. The predicted octanol–water partition coefficient (Wildman–Crippen LogP) is 3.01. The number of hydrogen-bond acceptors (Lipinski definition) is 3. The summed E-state index contributed by atoms with van der Waals surface area (Å²) in [6.45, 7) is 7.69. The van der Waals surface area contributed by atoms with Crippen LogP contribution in [0, 0.1) is 5.92 Å². The van der Waals surface area contributed by atoms with Gasteiger partial charge in [0.25, 0.3) is 0 Å². The highest BCUT2D eigenvalue weighted by atomic mass is 16.5. The van der Waals surface area contributed by atoms with E-state index in [1.165, 1.54) is 0 Å². The molecule has 1 fully saturated rings. The summed E-state index contributed by atoms with van der Waals surface area (Å²) >= 11 is 0. The van der Waals surface area contributed by atoms with Crippen LogP contribution < -0.4 is 4.74 Å². The molecule has 0 aromatic heterocycles. The van der Waals surface area contributed by atoms with Crippen molar-refractivity contribution in [2.75, 3.05) is 7.11 Å². The molecular weight excluding hydrogens is 240 g/mol. The lowest BCUT2D eigenvalue weighted by Crippen LogP contribution is -2.32. The Kier molecular flexibility index (Phi) is 3.43. The highest BCUT2D eigenvalue weighted by Crippen LogP contribution is 2.40. The molecule has 1 aromatic carbocycles. The van der Waals surface area contributed by atoms with Crippen LogP contribution in [0.1, 0.15) is 33.3 Å². The van der Waals surface area contributed by atoms with E-state index < -0.39 is 11.2 Å². The van der Waals surface area contributed by atoms with Crippen LogP contribution in [0.4, 0.5) is 0 Å². The maximum Gasteiger partial charge on any atom is 0.170 e. The molecule has 1 atom stereocenters. The van der Waals surface area contributed by atoms with E-state index in [9.17, 15) is 4.79 Å². The molecule has 1 unspecified atom stereocenters. The van der Waals surface area contributed by atoms with Crippen LogP contribution in [-0.2, 0) is 16.0 Å². The van der Waals surface area contributed by atoms with E-state index in [0.29, 0.717) is 6.42 Å². The maximum atomic E-state index is 12.4. The molecule has 0 radical (unpaired) electrons. The predicted molar refractivity (Wildman–Crippen MR) is 74.4 cm³/mol. The fourth-order valence-electron chi connectivity index (χ4n) is 2.85. The van der Waals surface area contributed by atoms with Crippen molar-refractivity contribution >= 4 is 5.78 Å². The molecule has 0 spiro atoms. The number of benzene rings is 1. The van der Waals surface area contributed by atoms with Crippen molar-refractivity contribution < 1.29 is 14.3 Å². The van der Waals surface area contributed by atoms with Crippen LogP contribution >= 0.6 is 0 Å². The van der Waals surface area contributed by atoms with E-state index >= 15 is 0 Å². The number of Topliss-reactive ketones (excluding diaryl/α,β-unsaturated/α-hetero) is 1. The first-order valence-electron chi connectivity index (χ1n) is 6.64. The van der Waals surface area contributed by atoms with Gasteiger partial charge in [-0.25, -0.2) is 0 Å². The Hall–Kier alpha value is -1.35. The Bertz CT molecular complexity index is 471. The van der Waals surface area contributed by atoms with Gasteiger partial charge in [0.15, 0.2) is 5.78 Å². The monoisotopic (exact) mass is 262 g/mol. The molecule has 0 amide bonds. The van der Waals surface area contributed by atoms with Gasteiger partial charge in [-0.1, -0.05) is 12.1 Å². The second kappa shape index (κ2) is 4.64. The topological polar surface area (TPSA) is 35.5 Å². The average molecular weight is 262 g/mol. The summed E-state index contributed by atoms with van der Waals surface area (Å²) in [6.07, 6.45) is 0.708. The number of carbonyl (C=O) groups is 1. The molecule has 0 N–H and O–H groups in total. The molecule has 1 heterocycles.